The van der Waals surface area contributed by atoms with Gasteiger partial charge in [0.1, 0.15) is 0 Å². The first-order valence-electron chi connectivity index (χ1n) is 12.4. The van der Waals surface area contributed by atoms with Gasteiger partial charge >= 0.3 is 0 Å². The molecule has 2 aromatic carbocycles. The third kappa shape index (κ3) is 6.92. The van der Waals surface area contributed by atoms with Crippen LogP contribution in [0.3, 0.4) is 0 Å². The molecule has 39 heavy (non-hydrogen) atoms. The lowest BCUT2D eigenvalue weighted by molar-refractivity contribution is -0.115. The average molecular weight is 529 g/mol. The number of rotatable bonds is 9. The number of nitrogens with one attached hydrogen (secondary N) is 3. The summed E-state index contributed by atoms with van der Waals surface area (Å²) in [7, 11) is 4.61. The lowest BCUT2D eigenvalue weighted by Crippen LogP contribution is -2.35. The highest BCUT2D eigenvalue weighted by atomic mass is 16.5. The number of H-pyrrole nitrogens is 1. The Morgan fingerprint density at radius 2 is 1.69 bits per heavy atom. The highest BCUT2D eigenvalue weighted by Gasteiger charge is 2.13. The van der Waals surface area contributed by atoms with E-state index in [-0.39, 0.29) is 11.9 Å². The van der Waals surface area contributed by atoms with Crippen LogP contribution in [0.15, 0.2) is 59.7 Å². The smallest absolute Gasteiger partial charge is 0.250 e. The molecule has 4 rings (SSSR count). The summed E-state index contributed by atoms with van der Waals surface area (Å²) in [4.78, 5) is 29.6. The highest BCUT2D eigenvalue weighted by molar-refractivity contribution is 6.08. The summed E-state index contributed by atoms with van der Waals surface area (Å²) in [5.74, 6) is 1.68. The van der Waals surface area contributed by atoms with Gasteiger partial charge < -0.3 is 19.2 Å². The number of para-hydroxylation sites is 1. The van der Waals surface area contributed by atoms with Crippen molar-refractivity contribution < 1.29 is 19.0 Å². The first-order chi connectivity index (χ1) is 18.9. The fourth-order valence-corrected chi connectivity index (χ4v) is 4.15. The molecule has 10 nitrogen and oxygen atoms in total. The maximum absolute atomic E-state index is 12.9. The summed E-state index contributed by atoms with van der Waals surface area (Å²) < 4.78 is 16.1. The van der Waals surface area contributed by atoms with Gasteiger partial charge in [-0.25, -0.2) is 9.97 Å². The third-order valence-corrected chi connectivity index (χ3v) is 5.89. The van der Waals surface area contributed by atoms with Crippen molar-refractivity contribution in [1.82, 2.24) is 20.3 Å². The van der Waals surface area contributed by atoms with Gasteiger partial charge in [0.2, 0.25) is 17.7 Å². The Labute approximate surface area is 227 Å². The van der Waals surface area contributed by atoms with Crippen molar-refractivity contribution in [3.05, 3.63) is 77.3 Å². The van der Waals surface area contributed by atoms with Crippen molar-refractivity contribution in [1.29, 1.82) is 0 Å². The average Bonchev–Trinajstić information content (AvgIpc) is 3.33. The first-order valence-corrected chi connectivity index (χ1v) is 12.4. The quantitative estimate of drug-likeness (QED) is 0.167. The molecule has 1 amide bonds. The maximum Gasteiger partial charge on any atom is 0.250 e. The SMILES string of the molecule is COc1cc(C=CC(=O)NC(=NCCc2c[nH]c3ccccc23)Nc2nc(C)cc(C)n2)cc(OC)c1OC. The van der Waals surface area contributed by atoms with Gasteiger partial charge in [-0.15, -0.1) is 0 Å². The molecule has 0 bridgehead atoms. The van der Waals surface area contributed by atoms with E-state index in [0.717, 1.165) is 27.9 Å². The van der Waals surface area contributed by atoms with Crippen molar-refractivity contribution in [3.8, 4) is 17.2 Å². The van der Waals surface area contributed by atoms with Gasteiger partial charge in [-0.3, -0.25) is 20.4 Å². The van der Waals surface area contributed by atoms with Gasteiger partial charge in [0.05, 0.1) is 21.3 Å². The van der Waals surface area contributed by atoms with E-state index in [1.165, 1.54) is 27.4 Å². The van der Waals surface area contributed by atoms with E-state index in [1.807, 2.05) is 44.3 Å². The Morgan fingerprint density at radius 3 is 2.36 bits per heavy atom. The van der Waals surface area contributed by atoms with Crippen LogP contribution in [-0.2, 0) is 11.2 Å². The predicted molar refractivity (Wildman–Crippen MR) is 153 cm³/mol. The monoisotopic (exact) mass is 528 g/mol. The molecule has 0 saturated carbocycles. The third-order valence-electron chi connectivity index (χ3n) is 5.89. The summed E-state index contributed by atoms with van der Waals surface area (Å²) in [6.07, 6.45) is 5.72. The summed E-state index contributed by atoms with van der Waals surface area (Å²) in [5, 5.41) is 7.02. The van der Waals surface area contributed by atoms with Crippen LogP contribution in [0.25, 0.3) is 17.0 Å². The predicted octanol–water partition coefficient (Wildman–Crippen LogP) is 4.44. The molecule has 0 fully saturated rings. The van der Waals surface area contributed by atoms with Gasteiger partial charge in [0.15, 0.2) is 11.5 Å². The molecule has 0 radical (unpaired) electrons. The number of aliphatic imine (C=N–C) groups is 1. The summed E-state index contributed by atoms with van der Waals surface area (Å²) in [6.45, 7) is 4.20. The number of carbonyl (C=O) groups is 1. The minimum Gasteiger partial charge on any atom is -0.493 e. The lowest BCUT2D eigenvalue weighted by atomic mass is 10.1. The molecule has 0 saturated heterocycles. The fourth-order valence-electron chi connectivity index (χ4n) is 4.15. The Morgan fingerprint density at radius 1 is 1.00 bits per heavy atom. The van der Waals surface area contributed by atoms with Crippen LogP contribution in [0.2, 0.25) is 0 Å². The zero-order chi connectivity index (χ0) is 27.8. The lowest BCUT2D eigenvalue weighted by Gasteiger charge is -2.13. The number of guanidine groups is 1. The van der Waals surface area contributed by atoms with Gasteiger partial charge in [-0.05, 0) is 61.7 Å². The van der Waals surface area contributed by atoms with E-state index in [0.29, 0.717) is 41.7 Å². The molecule has 0 aliphatic carbocycles. The Bertz CT molecular complexity index is 1480. The summed E-state index contributed by atoms with van der Waals surface area (Å²) in [6, 6.07) is 13.5. The van der Waals surface area contributed by atoms with E-state index < -0.39 is 0 Å². The summed E-state index contributed by atoms with van der Waals surface area (Å²) >= 11 is 0. The number of carbonyl (C=O) groups excluding carboxylic acids is 1. The second kappa shape index (κ2) is 12.6. The number of aromatic amines is 1. The van der Waals surface area contributed by atoms with Gasteiger partial charge in [0, 0.05) is 41.1 Å². The number of nitrogens with zero attached hydrogens (tertiary/aromatic N) is 3. The molecule has 2 heterocycles. The van der Waals surface area contributed by atoms with Crippen LogP contribution in [0, 0.1) is 13.8 Å². The Kier molecular flexibility index (Phi) is 8.78. The van der Waals surface area contributed by atoms with Crippen molar-refractivity contribution in [2.24, 2.45) is 4.99 Å². The Balaban J connectivity index is 1.52. The van der Waals surface area contributed by atoms with Crippen LogP contribution < -0.4 is 24.8 Å². The molecular weight excluding hydrogens is 496 g/mol. The molecule has 0 spiro atoms. The topological polar surface area (TPSA) is 123 Å². The molecule has 4 aromatic rings. The number of anilines is 1. The minimum atomic E-state index is -0.383. The van der Waals surface area contributed by atoms with Gasteiger partial charge in [-0.2, -0.15) is 0 Å². The molecule has 3 N–H and O–H groups in total. The van der Waals surface area contributed by atoms with Crippen LogP contribution in [0.5, 0.6) is 17.2 Å². The standard InChI is InChI=1S/C29H32N6O4/c1-18-14-19(2)33-29(32-18)35-28(30-13-12-21-17-31-23-9-7-6-8-22(21)23)34-26(36)11-10-20-15-24(37-3)27(39-5)25(16-20)38-4/h6-11,14-17,31H,12-13H2,1-5H3,(H2,30,32,33,34,35,36). The number of hydrogen-bond acceptors (Lipinski definition) is 7. The Hall–Kier alpha value is -4.86. The molecular formula is C29H32N6O4. The molecule has 0 unspecified atom stereocenters. The number of aromatic nitrogens is 3. The van der Waals surface area contributed by atoms with E-state index in [9.17, 15) is 4.79 Å². The van der Waals surface area contributed by atoms with E-state index >= 15 is 0 Å². The van der Waals surface area contributed by atoms with Crippen LogP contribution in [0.1, 0.15) is 22.5 Å². The number of ether oxygens (including phenoxy) is 3. The zero-order valence-corrected chi connectivity index (χ0v) is 22.7. The fraction of sp³-hybridized carbons (Fsp3) is 0.241. The number of fused-ring (bicyclic) bond motifs is 1. The summed E-state index contributed by atoms with van der Waals surface area (Å²) in [5.41, 5.74) is 4.52. The van der Waals surface area contributed by atoms with E-state index in [4.69, 9.17) is 14.2 Å². The van der Waals surface area contributed by atoms with Crippen LogP contribution in [-0.4, -0.2) is 54.7 Å². The number of methoxy groups -OCH3 is 3. The van der Waals surface area contributed by atoms with Gasteiger partial charge in [0.25, 0.3) is 5.91 Å². The van der Waals surface area contributed by atoms with Crippen LogP contribution in [0.4, 0.5) is 5.95 Å². The largest absolute Gasteiger partial charge is 0.493 e. The second-order valence-electron chi connectivity index (χ2n) is 8.72. The number of hydrogen-bond donors (Lipinski definition) is 3. The zero-order valence-electron chi connectivity index (χ0n) is 22.7. The van der Waals surface area contributed by atoms with Crippen molar-refractivity contribution in [2.45, 2.75) is 20.3 Å². The van der Waals surface area contributed by atoms with E-state index in [2.05, 4.69) is 36.6 Å². The normalized spacial score (nSPS) is 11.6. The molecule has 0 aliphatic heterocycles. The van der Waals surface area contributed by atoms with Crippen molar-refractivity contribution in [2.75, 3.05) is 33.2 Å². The van der Waals surface area contributed by atoms with Crippen molar-refractivity contribution in [3.63, 3.8) is 0 Å². The highest BCUT2D eigenvalue weighted by Crippen LogP contribution is 2.38. The number of benzene rings is 2. The molecule has 202 valence electrons. The first kappa shape index (κ1) is 27.2. The maximum atomic E-state index is 12.9. The second-order valence-corrected chi connectivity index (χ2v) is 8.72. The van der Waals surface area contributed by atoms with E-state index in [1.54, 1.807) is 18.2 Å². The molecule has 0 aliphatic rings. The number of amides is 1. The minimum absolute atomic E-state index is 0.249. The van der Waals surface area contributed by atoms with Gasteiger partial charge in [-0.1, -0.05) is 18.2 Å². The molecule has 2 aromatic heterocycles. The molecule has 10 heteroatoms. The van der Waals surface area contributed by atoms with Crippen LogP contribution >= 0.6 is 0 Å². The molecule has 0 atom stereocenters. The van der Waals surface area contributed by atoms with Crippen molar-refractivity contribution >= 4 is 34.8 Å². The number of aryl methyl sites for hydroxylation is 2.